The van der Waals surface area contributed by atoms with Crippen LogP contribution in [0, 0.1) is 5.92 Å². The fourth-order valence-corrected chi connectivity index (χ4v) is 4.71. The van der Waals surface area contributed by atoms with Crippen molar-refractivity contribution in [2.45, 2.75) is 38.1 Å². The quantitative estimate of drug-likeness (QED) is 0.294. The molecule has 0 saturated carbocycles. The third-order valence-electron chi connectivity index (χ3n) is 5.98. The number of nitrogens with one attached hydrogen (secondary N) is 1. The molecule has 0 aliphatic carbocycles. The maximum Gasteiger partial charge on any atom is 0.258 e. The molecule has 1 aromatic heterocycles. The van der Waals surface area contributed by atoms with Gasteiger partial charge in [0.1, 0.15) is 5.75 Å². The Hall–Kier alpha value is -2.84. The molecule has 1 aliphatic rings. The third kappa shape index (κ3) is 5.13. The molecule has 0 saturated heterocycles. The van der Waals surface area contributed by atoms with Crippen molar-refractivity contribution in [3.63, 3.8) is 0 Å². The minimum absolute atomic E-state index is 0.178. The number of nitrogens with zero attached hydrogens (tertiary/aromatic N) is 3. The van der Waals surface area contributed by atoms with Crippen LogP contribution in [0.1, 0.15) is 44.7 Å². The molecule has 6 nitrogen and oxygen atoms in total. The highest BCUT2D eigenvalue weighted by Gasteiger charge is 2.34. The van der Waals surface area contributed by atoms with Gasteiger partial charge in [0.05, 0.1) is 18.7 Å². The van der Waals surface area contributed by atoms with E-state index in [1.54, 1.807) is 18.9 Å². The summed E-state index contributed by atoms with van der Waals surface area (Å²) in [7, 11) is 1.65. The largest absolute Gasteiger partial charge is 0.497 e. The van der Waals surface area contributed by atoms with Gasteiger partial charge in [0.15, 0.2) is 5.11 Å². The fourth-order valence-electron chi connectivity index (χ4n) is 3.95. The summed E-state index contributed by atoms with van der Waals surface area (Å²) in [5.41, 5.74) is 3.95. The molecule has 1 aliphatic heterocycles. The SMILES string of the molecule is COc1ccc(-c2noc(C3=C(C)N(CCC(C)C)C(=S)NC3c3ccc(SC)cc3)n2)cc1. The molecule has 34 heavy (non-hydrogen) atoms. The molecule has 2 heterocycles. The van der Waals surface area contributed by atoms with Crippen LogP contribution in [0.4, 0.5) is 0 Å². The van der Waals surface area contributed by atoms with Gasteiger partial charge in [-0.1, -0.05) is 31.1 Å². The zero-order valence-corrected chi connectivity index (χ0v) is 21.8. The smallest absolute Gasteiger partial charge is 0.258 e. The molecule has 3 aromatic rings. The highest BCUT2D eigenvalue weighted by molar-refractivity contribution is 7.98. The number of hydrogen-bond acceptors (Lipinski definition) is 6. The van der Waals surface area contributed by atoms with E-state index in [4.69, 9.17) is 26.5 Å². The minimum atomic E-state index is -0.178. The lowest BCUT2D eigenvalue weighted by atomic mass is 9.94. The molecule has 1 atom stereocenters. The van der Waals surface area contributed by atoms with E-state index in [0.717, 1.165) is 46.2 Å². The van der Waals surface area contributed by atoms with Gasteiger partial charge in [-0.2, -0.15) is 4.98 Å². The zero-order valence-electron chi connectivity index (χ0n) is 20.2. The molecule has 8 heteroatoms. The second-order valence-corrected chi connectivity index (χ2v) is 9.91. The summed E-state index contributed by atoms with van der Waals surface area (Å²) >= 11 is 7.51. The number of benzene rings is 2. The summed E-state index contributed by atoms with van der Waals surface area (Å²) in [6.07, 6.45) is 3.10. The van der Waals surface area contributed by atoms with Crippen LogP contribution in [-0.2, 0) is 0 Å². The molecule has 0 amide bonds. The lowest BCUT2D eigenvalue weighted by molar-refractivity contribution is 0.390. The number of hydrogen-bond donors (Lipinski definition) is 1. The number of ether oxygens (including phenoxy) is 1. The molecule has 0 fully saturated rings. The Morgan fingerprint density at radius 3 is 2.47 bits per heavy atom. The van der Waals surface area contributed by atoms with Gasteiger partial charge < -0.3 is 19.5 Å². The van der Waals surface area contributed by atoms with Crippen LogP contribution in [0.3, 0.4) is 0 Å². The van der Waals surface area contributed by atoms with Crippen molar-refractivity contribution < 1.29 is 9.26 Å². The van der Waals surface area contributed by atoms with Crippen molar-refractivity contribution in [3.8, 4) is 17.1 Å². The predicted octanol–water partition coefficient (Wildman–Crippen LogP) is 6.18. The van der Waals surface area contributed by atoms with Gasteiger partial charge in [-0.3, -0.25) is 0 Å². The Labute approximate surface area is 210 Å². The maximum atomic E-state index is 5.83. The molecule has 1 N–H and O–H groups in total. The van der Waals surface area contributed by atoms with Crippen molar-refractivity contribution in [1.29, 1.82) is 0 Å². The fraction of sp³-hybridized carbons (Fsp3) is 0.346. The molecule has 1 unspecified atom stereocenters. The second-order valence-electron chi connectivity index (χ2n) is 8.64. The molecule has 2 aromatic carbocycles. The molecule has 0 radical (unpaired) electrons. The van der Waals surface area contributed by atoms with Crippen LogP contribution < -0.4 is 10.1 Å². The van der Waals surface area contributed by atoms with Gasteiger partial charge in [0.2, 0.25) is 5.82 Å². The summed E-state index contributed by atoms with van der Waals surface area (Å²) in [5, 5.41) is 8.54. The number of aromatic nitrogens is 2. The van der Waals surface area contributed by atoms with Crippen LogP contribution in [0.25, 0.3) is 17.0 Å². The van der Waals surface area contributed by atoms with Gasteiger partial charge in [-0.25, -0.2) is 0 Å². The Morgan fingerprint density at radius 2 is 1.85 bits per heavy atom. The average molecular weight is 495 g/mol. The van der Waals surface area contributed by atoms with Gasteiger partial charge >= 0.3 is 0 Å². The Bertz CT molecular complexity index is 1170. The van der Waals surface area contributed by atoms with Gasteiger partial charge in [0, 0.05) is 22.7 Å². The van der Waals surface area contributed by atoms with Gasteiger partial charge in [0.25, 0.3) is 5.89 Å². The first-order valence-corrected chi connectivity index (χ1v) is 13.0. The molecular weight excluding hydrogens is 464 g/mol. The Kier molecular flexibility index (Phi) is 7.58. The van der Waals surface area contributed by atoms with E-state index in [1.165, 1.54) is 4.90 Å². The number of methoxy groups -OCH3 is 1. The lowest BCUT2D eigenvalue weighted by Crippen LogP contribution is -2.46. The van der Waals surface area contributed by atoms with Crippen molar-refractivity contribution in [1.82, 2.24) is 20.4 Å². The molecule has 0 bridgehead atoms. The number of rotatable bonds is 8. The van der Waals surface area contributed by atoms with Crippen molar-refractivity contribution in [2.24, 2.45) is 5.92 Å². The first kappa shape index (κ1) is 24.3. The van der Waals surface area contributed by atoms with E-state index in [1.807, 2.05) is 24.3 Å². The summed E-state index contributed by atoms with van der Waals surface area (Å²) in [6.45, 7) is 7.35. The standard InChI is InChI=1S/C26H30N4O2S2/c1-16(2)14-15-30-17(3)22(23(27-26(30)33)18-8-12-21(34-5)13-9-18)25-28-24(29-32-25)19-6-10-20(31-4)11-7-19/h6-13,16,23H,14-15H2,1-5H3,(H,27,33). The predicted molar refractivity (Wildman–Crippen MR) is 142 cm³/mol. The van der Waals surface area contributed by atoms with Crippen molar-refractivity contribution in [3.05, 3.63) is 65.7 Å². The Morgan fingerprint density at radius 1 is 1.15 bits per heavy atom. The van der Waals surface area contributed by atoms with Gasteiger partial charge in [-0.15, -0.1) is 11.8 Å². The van der Waals surface area contributed by atoms with Crippen LogP contribution >= 0.6 is 24.0 Å². The first-order valence-electron chi connectivity index (χ1n) is 11.3. The van der Waals surface area contributed by atoms with E-state index in [9.17, 15) is 0 Å². The van der Waals surface area contributed by atoms with Crippen LogP contribution in [-0.4, -0.2) is 40.1 Å². The molecule has 178 valence electrons. The molecule has 4 rings (SSSR count). The second kappa shape index (κ2) is 10.6. The highest BCUT2D eigenvalue weighted by Crippen LogP contribution is 2.38. The monoisotopic (exact) mass is 494 g/mol. The number of thioether (sulfide) groups is 1. The van der Waals surface area contributed by atoms with Crippen LogP contribution in [0.15, 0.2) is 63.6 Å². The first-order chi connectivity index (χ1) is 16.4. The molecular formula is C26H30N4O2S2. The van der Waals surface area contributed by atoms with Crippen LogP contribution in [0.5, 0.6) is 5.75 Å². The topological polar surface area (TPSA) is 63.4 Å². The lowest BCUT2D eigenvalue weighted by Gasteiger charge is -2.37. The van der Waals surface area contributed by atoms with E-state index >= 15 is 0 Å². The van der Waals surface area contributed by atoms with E-state index in [-0.39, 0.29) is 6.04 Å². The number of allylic oxidation sites excluding steroid dienone is 1. The van der Waals surface area contributed by atoms with E-state index < -0.39 is 0 Å². The summed E-state index contributed by atoms with van der Waals surface area (Å²) in [5.74, 6) is 2.38. The van der Waals surface area contributed by atoms with Crippen molar-refractivity contribution >= 4 is 34.7 Å². The van der Waals surface area contributed by atoms with E-state index in [0.29, 0.717) is 17.6 Å². The summed E-state index contributed by atoms with van der Waals surface area (Å²) < 4.78 is 11.1. The van der Waals surface area contributed by atoms with E-state index in [2.05, 4.69) is 66.7 Å². The summed E-state index contributed by atoms with van der Waals surface area (Å²) in [6, 6.07) is 16.0. The molecule has 0 spiro atoms. The third-order valence-corrected chi connectivity index (χ3v) is 7.06. The summed E-state index contributed by atoms with van der Waals surface area (Å²) in [4.78, 5) is 8.14. The highest BCUT2D eigenvalue weighted by atomic mass is 32.2. The number of thiocarbonyl (C=S) groups is 1. The normalized spacial score (nSPS) is 16.2. The average Bonchev–Trinajstić information content (AvgIpc) is 3.33. The van der Waals surface area contributed by atoms with Crippen molar-refractivity contribution in [2.75, 3.05) is 19.9 Å². The van der Waals surface area contributed by atoms with Gasteiger partial charge in [-0.05, 0) is 79.7 Å². The maximum absolute atomic E-state index is 5.83. The zero-order chi connectivity index (χ0) is 24.2. The Balaban J connectivity index is 1.75. The minimum Gasteiger partial charge on any atom is -0.497 e. The van der Waals surface area contributed by atoms with Crippen LogP contribution in [0.2, 0.25) is 0 Å².